The third kappa shape index (κ3) is 3.68. The van der Waals surface area contributed by atoms with Crippen LogP contribution in [0, 0.1) is 0 Å². The number of phenols is 1. The normalized spacial score (nSPS) is 14.8. The molecule has 2 N–H and O–H groups in total. The van der Waals surface area contributed by atoms with E-state index in [9.17, 15) is 9.90 Å². The van der Waals surface area contributed by atoms with Crippen LogP contribution in [0.3, 0.4) is 0 Å². The number of likely N-dealkylation sites (tertiary alicyclic amines) is 1. The summed E-state index contributed by atoms with van der Waals surface area (Å²) < 4.78 is 16.5. The highest BCUT2D eigenvalue weighted by atomic mass is 16.5. The van der Waals surface area contributed by atoms with Crippen molar-refractivity contribution >= 4 is 11.0 Å². The van der Waals surface area contributed by atoms with Crippen molar-refractivity contribution in [2.24, 2.45) is 0 Å². The van der Waals surface area contributed by atoms with Crippen molar-refractivity contribution in [2.45, 2.75) is 25.8 Å². The van der Waals surface area contributed by atoms with E-state index < -0.39 is 0 Å². The Kier molecular flexibility index (Phi) is 5.45. The maximum absolute atomic E-state index is 13.2. The molecular formula is C23H26NO5+. The van der Waals surface area contributed by atoms with Crippen LogP contribution in [0.1, 0.15) is 24.8 Å². The number of benzene rings is 2. The van der Waals surface area contributed by atoms with Crippen molar-refractivity contribution in [1.82, 2.24) is 0 Å². The first-order valence-corrected chi connectivity index (χ1v) is 9.94. The number of hydrogen-bond donors (Lipinski definition) is 2. The summed E-state index contributed by atoms with van der Waals surface area (Å²) >= 11 is 0. The molecule has 0 amide bonds. The number of rotatable bonds is 5. The van der Waals surface area contributed by atoms with E-state index in [1.54, 1.807) is 44.6 Å². The SMILES string of the molecule is COc1ccc(-c2coc3c(C[NH+]4CCCCC4)c(O)ccc3c2=O)cc1OC. The molecule has 0 aliphatic carbocycles. The highest BCUT2D eigenvalue weighted by Gasteiger charge is 2.21. The van der Waals surface area contributed by atoms with Gasteiger partial charge in [-0.15, -0.1) is 0 Å². The van der Waals surface area contributed by atoms with Gasteiger partial charge in [-0.3, -0.25) is 4.79 Å². The minimum atomic E-state index is -0.131. The number of ether oxygens (including phenoxy) is 2. The van der Waals surface area contributed by atoms with Crippen LogP contribution < -0.4 is 19.8 Å². The number of phenolic OH excluding ortho intramolecular Hbond substituents is 1. The number of aromatic hydroxyl groups is 1. The molecule has 1 saturated heterocycles. The molecule has 1 fully saturated rings. The third-order valence-corrected chi connectivity index (χ3v) is 5.70. The summed E-state index contributed by atoms with van der Waals surface area (Å²) in [6.45, 7) is 2.80. The summed E-state index contributed by atoms with van der Waals surface area (Å²) in [6.07, 6.45) is 5.11. The molecule has 0 atom stereocenters. The molecule has 0 spiro atoms. The standard InChI is InChI=1S/C23H25NO5/c1-27-20-9-6-15(12-21(20)28-2)18-14-29-23-16(22(18)26)7-8-19(25)17(23)13-24-10-4-3-5-11-24/h6-9,12,14,25H,3-5,10-11,13H2,1-2H3/p+1. The van der Waals surface area contributed by atoms with Gasteiger partial charge in [0.05, 0.1) is 43.8 Å². The second kappa shape index (κ2) is 8.17. The Labute approximate surface area is 169 Å². The molecular weight excluding hydrogens is 370 g/mol. The van der Waals surface area contributed by atoms with Crippen molar-refractivity contribution in [2.75, 3.05) is 27.3 Å². The zero-order chi connectivity index (χ0) is 20.4. The summed E-state index contributed by atoms with van der Waals surface area (Å²) in [5.41, 5.74) is 2.18. The van der Waals surface area contributed by atoms with Gasteiger partial charge >= 0.3 is 0 Å². The molecule has 4 rings (SSSR count). The number of nitrogens with one attached hydrogen (secondary N) is 1. The number of hydrogen-bond acceptors (Lipinski definition) is 5. The van der Waals surface area contributed by atoms with Gasteiger partial charge in [-0.2, -0.15) is 0 Å². The third-order valence-electron chi connectivity index (χ3n) is 5.70. The molecule has 1 aromatic heterocycles. The van der Waals surface area contributed by atoms with E-state index >= 15 is 0 Å². The van der Waals surface area contributed by atoms with Crippen LogP contribution >= 0.6 is 0 Å². The van der Waals surface area contributed by atoms with Crippen molar-refractivity contribution in [3.63, 3.8) is 0 Å². The lowest BCUT2D eigenvalue weighted by atomic mass is 10.0. The van der Waals surface area contributed by atoms with Crippen molar-refractivity contribution in [3.05, 3.63) is 52.4 Å². The van der Waals surface area contributed by atoms with Crippen molar-refractivity contribution in [1.29, 1.82) is 0 Å². The topological polar surface area (TPSA) is 73.3 Å². The van der Waals surface area contributed by atoms with E-state index in [1.165, 1.54) is 30.4 Å². The fraction of sp³-hybridized carbons (Fsp3) is 0.348. The van der Waals surface area contributed by atoms with Crippen LogP contribution in [-0.4, -0.2) is 32.4 Å². The monoisotopic (exact) mass is 396 g/mol. The van der Waals surface area contributed by atoms with E-state index in [-0.39, 0.29) is 11.2 Å². The maximum atomic E-state index is 13.2. The van der Waals surface area contributed by atoms with Gasteiger partial charge in [-0.25, -0.2) is 0 Å². The van der Waals surface area contributed by atoms with Gasteiger partial charge in [-0.05, 0) is 49.1 Å². The molecule has 152 valence electrons. The average molecular weight is 396 g/mol. The van der Waals surface area contributed by atoms with E-state index in [0.29, 0.717) is 45.7 Å². The minimum absolute atomic E-state index is 0.131. The predicted octanol–water partition coefficient (Wildman–Crippen LogP) is 2.75. The molecule has 3 aromatic rings. The molecule has 6 heteroatoms. The fourth-order valence-electron chi connectivity index (χ4n) is 4.10. The van der Waals surface area contributed by atoms with Gasteiger partial charge < -0.3 is 23.9 Å². The van der Waals surface area contributed by atoms with E-state index in [0.717, 1.165) is 13.1 Å². The Bertz CT molecular complexity index is 1080. The van der Waals surface area contributed by atoms with Gasteiger partial charge in [0, 0.05) is 0 Å². The molecule has 29 heavy (non-hydrogen) atoms. The molecule has 2 aromatic carbocycles. The summed E-state index contributed by atoms with van der Waals surface area (Å²) in [7, 11) is 3.13. The zero-order valence-electron chi connectivity index (χ0n) is 16.8. The largest absolute Gasteiger partial charge is 0.507 e. The van der Waals surface area contributed by atoms with E-state index in [2.05, 4.69) is 0 Å². The van der Waals surface area contributed by atoms with Gasteiger partial charge in [0.1, 0.15) is 24.1 Å². The lowest BCUT2D eigenvalue weighted by Gasteiger charge is -2.24. The maximum Gasteiger partial charge on any atom is 0.200 e. The first-order chi connectivity index (χ1) is 14.1. The second-order valence-corrected chi connectivity index (χ2v) is 7.48. The van der Waals surface area contributed by atoms with Crippen LogP contribution in [-0.2, 0) is 6.54 Å². The van der Waals surface area contributed by atoms with E-state index in [4.69, 9.17) is 13.9 Å². The molecule has 1 aliphatic rings. The van der Waals surface area contributed by atoms with Crippen LogP contribution in [0.15, 0.2) is 45.8 Å². The van der Waals surface area contributed by atoms with Gasteiger partial charge in [-0.1, -0.05) is 6.07 Å². The molecule has 0 saturated carbocycles. The quantitative estimate of drug-likeness (QED) is 0.694. The Morgan fingerprint density at radius 3 is 2.52 bits per heavy atom. The number of piperidine rings is 1. The predicted molar refractivity (Wildman–Crippen MR) is 111 cm³/mol. The molecule has 0 unspecified atom stereocenters. The molecule has 2 heterocycles. The number of fused-ring (bicyclic) bond motifs is 1. The number of quaternary nitrogens is 1. The first kappa shape index (κ1) is 19.3. The van der Waals surface area contributed by atoms with Gasteiger partial charge in [0.2, 0.25) is 5.43 Å². The average Bonchev–Trinajstić information content (AvgIpc) is 2.76. The Hall–Kier alpha value is -2.99. The summed E-state index contributed by atoms with van der Waals surface area (Å²) in [5, 5.41) is 10.9. The second-order valence-electron chi connectivity index (χ2n) is 7.48. The fourth-order valence-corrected chi connectivity index (χ4v) is 4.10. The number of methoxy groups -OCH3 is 2. The molecule has 6 nitrogen and oxygen atoms in total. The lowest BCUT2D eigenvalue weighted by Crippen LogP contribution is -3.11. The van der Waals surface area contributed by atoms with Gasteiger partial charge in [0.15, 0.2) is 11.5 Å². The Morgan fingerprint density at radius 1 is 1.03 bits per heavy atom. The lowest BCUT2D eigenvalue weighted by molar-refractivity contribution is -0.918. The minimum Gasteiger partial charge on any atom is -0.507 e. The summed E-state index contributed by atoms with van der Waals surface area (Å²) in [4.78, 5) is 14.6. The van der Waals surface area contributed by atoms with Crippen LogP contribution in [0.2, 0.25) is 0 Å². The molecule has 0 radical (unpaired) electrons. The van der Waals surface area contributed by atoms with Crippen LogP contribution in [0.25, 0.3) is 22.1 Å². The van der Waals surface area contributed by atoms with Crippen molar-refractivity contribution < 1.29 is 23.9 Å². The summed E-state index contributed by atoms with van der Waals surface area (Å²) in [6, 6.07) is 8.56. The highest BCUT2D eigenvalue weighted by molar-refractivity contribution is 5.85. The van der Waals surface area contributed by atoms with Crippen LogP contribution in [0.5, 0.6) is 17.2 Å². The highest BCUT2D eigenvalue weighted by Crippen LogP contribution is 2.33. The first-order valence-electron chi connectivity index (χ1n) is 9.94. The van der Waals surface area contributed by atoms with Crippen LogP contribution in [0.4, 0.5) is 0 Å². The summed E-state index contributed by atoms with van der Waals surface area (Å²) in [5.74, 6) is 1.32. The molecule has 1 aliphatic heterocycles. The van der Waals surface area contributed by atoms with E-state index in [1.807, 2.05) is 0 Å². The zero-order valence-corrected chi connectivity index (χ0v) is 16.8. The van der Waals surface area contributed by atoms with Gasteiger partial charge in [0.25, 0.3) is 0 Å². The Morgan fingerprint density at radius 2 is 1.79 bits per heavy atom. The smallest absolute Gasteiger partial charge is 0.200 e. The van der Waals surface area contributed by atoms with Crippen molar-refractivity contribution in [3.8, 4) is 28.4 Å². The Balaban J connectivity index is 1.78. The molecule has 0 bridgehead atoms.